The summed E-state index contributed by atoms with van der Waals surface area (Å²) < 4.78 is 5.84. The Morgan fingerprint density at radius 2 is 2.35 bits per heavy atom. The summed E-state index contributed by atoms with van der Waals surface area (Å²) in [5, 5.41) is 6.71. The Labute approximate surface area is 122 Å². The highest BCUT2D eigenvalue weighted by atomic mass is 16.5. The molecule has 4 heteroatoms. The molecule has 1 atom stereocenters. The van der Waals surface area contributed by atoms with E-state index in [0.29, 0.717) is 6.10 Å². The van der Waals surface area contributed by atoms with E-state index in [0.717, 1.165) is 63.4 Å². The third-order valence-corrected chi connectivity index (χ3v) is 3.64. The van der Waals surface area contributed by atoms with Crippen LogP contribution in [-0.4, -0.2) is 37.3 Å². The van der Waals surface area contributed by atoms with Crippen LogP contribution in [0.5, 0.6) is 0 Å². The van der Waals surface area contributed by atoms with Crippen LogP contribution in [0.15, 0.2) is 12.1 Å². The monoisotopic (exact) mass is 277 g/mol. The van der Waals surface area contributed by atoms with E-state index in [1.165, 1.54) is 5.56 Å². The van der Waals surface area contributed by atoms with Gasteiger partial charge in [-0.15, -0.1) is 0 Å². The Hall–Kier alpha value is -1.13. The van der Waals surface area contributed by atoms with Crippen molar-refractivity contribution in [2.75, 3.05) is 31.6 Å². The van der Waals surface area contributed by atoms with Crippen molar-refractivity contribution in [3.8, 4) is 0 Å². The number of nitrogens with one attached hydrogen (secondary N) is 2. The zero-order valence-corrected chi connectivity index (χ0v) is 12.7. The van der Waals surface area contributed by atoms with Crippen LogP contribution < -0.4 is 10.6 Å². The zero-order valence-electron chi connectivity index (χ0n) is 12.7. The van der Waals surface area contributed by atoms with Crippen molar-refractivity contribution in [3.05, 3.63) is 23.4 Å². The van der Waals surface area contributed by atoms with Crippen molar-refractivity contribution in [3.63, 3.8) is 0 Å². The summed E-state index contributed by atoms with van der Waals surface area (Å²) >= 11 is 0. The van der Waals surface area contributed by atoms with E-state index in [-0.39, 0.29) is 0 Å². The molecule has 0 radical (unpaired) electrons. The van der Waals surface area contributed by atoms with E-state index < -0.39 is 0 Å². The first-order valence-corrected chi connectivity index (χ1v) is 7.82. The van der Waals surface area contributed by atoms with Gasteiger partial charge >= 0.3 is 0 Å². The largest absolute Gasteiger partial charge is 0.377 e. The van der Waals surface area contributed by atoms with Gasteiger partial charge in [-0.2, -0.15) is 0 Å². The van der Waals surface area contributed by atoms with Gasteiger partial charge in [-0.25, -0.2) is 4.98 Å². The summed E-state index contributed by atoms with van der Waals surface area (Å²) in [5.41, 5.74) is 2.37. The molecule has 1 aromatic heterocycles. The molecule has 112 valence electrons. The number of aryl methyl sites for hydroxylation is 2. The second-order valence-electron chi connectivity index (χ2n) is 5.48. The van der Waals surface area contributed by atoms with Gasteiger partial charge in [0, 0.05) is 25.4 Å². The summed E-state index contributed by atoms with van der Waals surface area (Å²) in [6.45, 7) is 8.19. The van der Waals surface area contributed by atoms with E-state index >= 15 is 0 Å². The number of ether oxygens (including phenoxy) is 1. The molecule has 2 N–H and O–H groups in total. The molecule has 0 amide bonds. The lowest BCUT2D eigenvalue weighted by Crippen LogP contribution is -2.17. The van der Waals surface area contributed by atoms with E-state index in [9.17, 15) is 0 Å². The van der Waals surface area contributed by atoms with Gasteiger partial charge in [0.1, 0.15) is 5.82 Å². The molecule has 2 rings (SSSR count). The maximum absolute atomic E-state index is 5.84. The SMILES string of the molecule is CCCNc1nc(CCCO[C@@H]2CCNC2)ccc1C. The van der Waals surface area contributed by atoms with Gasteiger partial charge in [-0.1, -0.05) is 13.0 Å². The molecule has 1 aliphatic heterocycles. The standard InChI is InChI=1S/C16H27N3O/c1-3-9-18-16-13(2)6-7-14(19-16)5-4-11-20-15-8-10-17-12-15/h6-7,15,17H,3-5,8-12H2,1-2H3,(H,18,19)/t15-/m1/s1. The van der Waals surface area contributed by atoms with E-state index in [1.807, 2.05) is 0 Å². The molecule has 1 fully saturated rings. The summed E-state index contributed by atoms with van der Waals surface area (Å²) in [5.74, 6) is 1.03. The van der Waals surface area contributed by atoms with Crippen LogP contribution in [0.4, 0.5) is 5.82 Å². The van der Waals surface area contributed by atoms with Crippen LogP contribution >= 0.6 is 0 Å². The Kier molecular flexibility index (Phi) is 6.27. The average Bonchev–Trinajstić information content (AvgIpc) is 2.97. The van der Waals surface area contributed by atoms with Crippen molar-refractivity contribution in [2.45, 2.75) is 45.6 Å². The van der Waals surface area contributed by atoms with Gasteiger partial charge in [-0.05, 0) is 50.8 Å². The lowest BCUT2D eigenvalue weighted by molar-refractivity contribution is 0.0654. The predicted octanol–water partition coefficient (Wildman–Crippen LogP) is 2.52. The summed E-state index contributed by atoms with van der Waals surface area (Å²) in [4.78, 5) is 4.70. The molecule has 0 unspecified atom stereocenters. The molecule has 20 heavy (non-hydrogen) atoms. The fraction of sp³-hybridized carbons (Fsp3) is 0.688. The fourth-order valence-electron chi connectivity index (χ4n) is 2.40. The molecular formula is C16H27N3O. The second-order valence-corrected chi connectivity index (χ2v) is 5.48. The number of anilines is 1. The van der Waals surface area contributed by atoms with Crippen molar-refractivity contribution in [1.29, 1.82) is 0 Å². The predicted molar refractivity (Wildman–Crippen MR) is 83.3 cm³/mol. The third-order valence-electron chi connectivity index (χ3n) is 3.64. The van der Waals surface area contributed by atoms with Crippen LogP contribution in [0.1, 0.15) is 37.4 Å². The topological polar surface area (TPSA) is 46.2 Å². The summed E-state index contributed by atoms with van der Waals surface area (Å²) in [6, 6.07) is 4.28. The van der Waals surface area contributed by atoms with Gasteiger partial charge in [0.05, 0.1) is 6.10 Å². The number of nitrogens with zero attached hydrogens (tertiary/aromatic N) is 1. The van der Waals surface area contributed by atoms with Crippen LogP contribution in [0.2, 0.25) is 0 Å². The van der Waals surface area contributed by atoms with Gasteiger partial charge < -0.3 is 15.4 Å². The first kappa shape index (κ1) is 15.3. The number of rotatable bonds is 8. The number of aromatic nitrogens is 1. The Balaban J connectivity index is 1.74. The highest BCUT2D eigenvalue weighted by molar-refractivity contribution is 5.44. The molecule has 0 aromatic carbocycles. The second kappa shape index (κ2) is 8.22. The van der Waals surface area contributed by atoms with Crippen LogP contribution in [0.3, 0.4) is 0 Å². The molecule has 4 nitrogen and oxygen atoms in total. The van der Waals surface area contributed by atoms with E-state index in [1.54, 1.807) is 0 Å². The number of pyridine rings is 1. The normalized spacial score (nSPS) is 18.4. The van der Waals surface area contributed by atoms with Gasteiger partial charge in [0.25, 0.3) is 0 Å². The lowest BCUT2D eigenvalue weighted by Gasteiger charge is -2.11. The number of hydrogen-bond donors (Lipinski definition) is 2. The highest BCUT2D eigenvalue weighted by Gasteiger charge is 2.13. The molecule has 1 aliphatic rings. The maximum Gasteiger partial charge on any atom is 0.129 e. The minimum atomic E-state index is 0.419. The van der Waals surface area contributed by atoms with E-state index in [2.05, 4.69) is 36.6 Å². The minimum absolute atomic E-state index is 0.419. The fourth-order valence-corrected chi connectivity index (χ4v) is 2.40. The number of hydrogen-bond acceptors (Lipinski definition) is 4. The van der Waals surface area contributed by atoms with Crippen molar-refractivity contribution in [1.82, 2.24) is 10.3 Å². The molecule has 0 spiro atoms. The lowest BCUT2D eigenvalue weighted by atomic mass is 10.2. The van der Waals surface area contributed by atoms with E-state index in [4.69, 9.17) is 9.72 Å². The van der Waals surface area contributed by atoms with Crippen molar-refractivity contribution < 1.29 is 4.74 Å². The van der Waals surface area contributed by atoms with Gasteiger partial charge in [-0.3, -0.25) is 0 Å². The van der Waals surface area contributed by atoms with Crippen LogP contribution in [-0.2, 0) is 11.2 Å². The molecule has 2 heterocycles. The van der Waals surface area contributed by atoms with Crippen molar-refractivity contribution in [2.24, 2.45) is 0 Å². The van der Waals surface area contributed by atoms with Gasteiger partial charge in [0.2, 0.25) is 0 Å². The first-order valence-electron chi connectivity index (χ1n) is 7.82. The van der Waals surface area contributed by atoms with Crippen LogP contribution in [0.25, 0.3) is 0 Å². The highest BCUT2D eigenvalue weighted by Crippen LogP contribution is 2.13. The maximum atomic E-state index is 5.84. The molecule has 1 saturated heterocycles. The summed E-state index contributed by atoms with van der Waals surface area (Å²) in [7, 11) is 0. The van der Waals surface area contributed by atoms with Gasteiger partial charge in [0.15, 0.2) is 0 Å². The third kappa shape index (κ3) is 4.76. The Morgan fingerprint density at radius 1 is 1.45 bits per heavy atom. The Morgan fingerprint density at radius 3 is 3.10 bits per heavy atom. The van der Waals surface area contributed by atoms with Crippen molar-refractivity contribution >= 4 is 5.82 Å². The first-order chi connectivity index (χ1) is 9.79. The Bertz CT molecular complexity index is 403. The summed E-state index contributed by atoms with van der Waals surface area (Å²) in [6.07, 6.45) is 4.71. The minimum Gasteiger partial charge on any atom is -0.377 e. The zero-order chi connectivity index (χ0) is 14.2. The molecule has 0 aliphatic carbocycles. The van der Waals surface area contributed by atoms with Crippen LogP contribution in [0, 0.1) is 6.92 Å². The average molecular weight is 277 g/mol. The molecule has 0 saturated carbocycles. The smallest absolute Gasteiger partial charge is 0.129 e. The molecular weight excluding hydrogens is 250 g/mol. The molecule has 0 bridgehead atoms. The quantitative estimate of drug-likeness (QED) is 0.717. The molecule has 1 aromatic rings.